The van der Waals surface area contributed by atoms with E-state index in [1.54, 1.807) is 0 Å². The molecular formula is C25H40O4Si. The molecule has 0 N–H and O–H groups in total. The lowest BCUT2D eigenvalue weighted by atomic mass is 9.70. The number of ether oxygens (including phenoxy) is 1. The quantitative estimate of drug-likeness (QED) is 0.311. The summed E-state index contributed by atoms with van der Waals surface area (Å²) in [6.45, 7) is 17.6. The second-order valence-electron chi connectivity index (χ2n) is 11.2. The number of fused-ring (bicyclic) bond motifs is 2. The van der Waals surface area contributed by atoms with Crippen molar-refractivity contribution in [2.24, 2.45) is 17.3 Å². The number of carbonyl (C=O) groups is 2. The molecule has 1 saturated carbocycles. The smallest absolute Gasteiger partial charge is 0.334 e. The van der Waals surface area contributed by atoms with Crippen molar-refractivity contribution in [2.45, 2.75) is 97.9 Å². The standard InChI is InChI=1S/C25H40O4Si/c1-9-28-23(27)20-16(2)10-11-17-12-13-18-14-19(29-30(7,8)24(3,4)5)15-25(18,6)22(26)21(17)20/h14,16-17,19H,9-13,15H2,1-8H3/t16-,17+,19-,25-/m0/s1. The molecule has 0 aromatic heterocycles. The summed E-state index contributed by atoms with van der Waals surface area (Å²) in [6, 6.07) is 0. The zero-order valence-electron chi connectivity index (χ0n) is 20.2. The zero-order valence-corrected chi connectivity index (χ0v) is 21.2. The van der Waals surface area contributed by atoms with Gasteiger partial charge >= 0.3 is 5.97 Å². The molecule has 0 spiro atoms. The number of ketones is 1. The maximum Gasteiger partial charge on any atom is 0.334 e. The van der Waals surface area contributed by atoms with Crippen LogP contribution in [0.5, 0.6) is 0 Å². The molecule has 168 valence electrons. The van der Waals surface area contributed by atoms with E-state index in [4.69, 9.17) is 9.16 Å². The number of esters is 1. The van der Waals surface area contributed by atoms with E-state index < -0.39 is 13.7 Å². The van der Waals surface area contributed by atoms with Crippen LogP contribution in [0.3, 0.4) is 0 Å². The molecule has 0 aromatic carbocycles. The van der Waals surface area contributed by atoms with Gasteiger partial charge in [-0.05, 0) is 75.9 Å². The fourth-order valence-corrected chi connectivity index (χ4v) is 6.46. The molecule has 3 aliphatic rings. The van der Waals surface area contributed by atoms with Gasteiger partial charge in [0.25, 0.3) is 0 Å². The Labute approximate surface area is 183 Å². The minimum atomic E-state index is -1.93. The van der Waals surface area contributed by atoms with Crippen molar-refractivity contribution in [3.05, 3.63) is 22.8 Å². The van der Waals surface area contributed by atoms with Gasteiger partial charge in [0.05, 0.1) is 18.1 Å². The number of carbonyl (C=O) groups excluding carboxylic acids is 2. The first-order valence-electron chi connectivity index (χ1n) is 11.7. The highest BCUT2D eigenvalue weighted by atomic mass is 28.4. The molecular weight excluding hydrogens is 392 g/mol. The van der Waals surface area contributed by atoms with E-state index >= 15 is 0 Å². The molecule has 1 fully saturated rings. The Morgan fingerprint density at radius 1 is 1.23 bits per heavy atom. The first-order valence-corrected chi connectivity index (χ1v) is 14.6. The van der Waals surface area contributed by atoms with Gasteiger partial charge in [0.1, 0.15) is 0 Å². The molecule has 4 nitrogen and oxygen atoms in total. The van der Waals surface area contributed by atoms with E-state index in [0.29, 0.717) is 18.6 Å². The van der Waals surface area contributed by atoms with Crippen LogP contribution in [-0.2, 0) is 18.8 Å². The highest BCUT2D eigenvalue weighted by molar-refractivity contribution is 6.74. The van der Waals surface area contributed by atoms with E-state index in [9.17, 15) is 9.59 Å². The minimum Gasteiger partial charge on any atom is -0.463 e. The lowest BCUT2D eigenvalue weighted by molar-refractivity contribution is -0.140. The van der Waals surface area contributed by atoms with Crippen molar-refractivity contribution >= 4 is 20.1 Å². The van der Waals surface area contributed by atoms with Gasteiger partial charge < -0.3 is 9.16 Å². The van der Waals surface area contributed by atoms with Crippen LogP contribution in [0.4, 0.5) is 0 Å². The van der Waals surface area contributed by atoms with Crippen LogP contribution in [0.2, 0.25) is 18.1 Å². The molecule has 0 radical (unpaired) electrons. The predicted octanol–water partition coefficient (Wildman–Crippen LogP) is 5.98. The topological polar surface area (TPSA) is 52.6 Å². The highest BCUT2D eigenvalue weighted by Crippen LogP contribution is 2.53. The molecule has 0 aromatic rings. The van der Waals surface area contributed by atoms with E-state index in [2.05, 4.69) is 53.8 Å². The normalized spacial score (nSPS) is 32.3. The molecule has 5 heteroatoms. The van der Waals surface area contributed by atoms with Crippen LogP contribution >= 0.6 is 0 Å². The van der Waals surface area contributed by atoms with Crippen LogP contribution in [0, 0.1) is 17.3 Å². The summed E-state index contributed by atoms with van der Waals surface area (Å²) in [5.74, 6) is 0.110. The second-order valence-corrected chi connectivity index (χ2v) is 16.0. The maximum absolute atomic E-state index is 14.0. The molecule has 30 heavy (non-hydrogen) atoms. The Hall–Kier alpha value is -1.20. The predicted molar refractivity (Wildman–Crippen MR) is 123 cm³/mol. The third kappa shape index (κ3) is 4.00. The Kier molecular flexibility index (Phi) is 6.29. The summed E-state index contributed by atoms with van der Waals surface area (Å²) in [7, 11) is -1.93. The van der Waals surface area contributed by atoms with Crippen molar-refractivity contribution in [1.29, 1.82) is 0 Å². The van der Waals surface area contributed by atoms with Crippen molar-refractivity contribution < 1.29 is 18.8 Å². The fraction of sp³-hybridized carbons (Fsp3) is 0.760. The zero-order chi connectivity index (χ0) is 22.5. The van der Waals surface area contributed by atoms with Gasteiger partial charge in [-0.3, -0.25) is 4.79 Å². The number of rotatable bonds is 4. The number of hydrogen-bond acceptors (Lipinski definition) is 4. The molecule has 0 saturated heterocycles. The Bertz CT molecular complexity index is 785. The number of Topliss-reactive ketones (excluding diaryl/α,β-unsaturated/α-hetero) is 1. The second kappa shape index (κ2) is 8.05. The van der Waals surface area contributed by atoms with Crippen LogP contribution in [0.25, 0.3) is 0 Å². The minimum absolute atomic E-state index is 0.0148. The van der Waals surface area contributed by atoms with Gasteiger partial charge in [0.15, 0.2) is 14.1 Å². The fourth-order valence-electron chi connectivity index (χ4n) is 5.20. The van der Waals surface area contributed by atoms with Gasteiger partial charge in [-0.15, -0.1) is 0 Å². The first kappa shape index (κ1) is 23.5. The van der Waals surface area contributed by atoms with Crippen LogP contribution in [0.1, 0.15) is 73.6 Å². The van der Waals surface area contributed by atoms with E-state index in [-0.39, 0.29) is 34.7 Å². The molecule has 0 bridgehead atoms. The van der Waals surface area contributed by atoms with Crippen molar-refractivity contribution in [2.75, 3.05) is 6.61 Å². The monoisotopic (exact) mass is 432 g/mol. The molecule has 0 amide bonds. The van der Waals surface area contributed by atoms with Crippen LogP contribution in [-0.4, -0.2) is 32.8 Å². The molecule has 0 heterocycles. The molecule has 0 aliphatic heterocycles. The maximum atomic E-state index is 14.0. The Morgan fingerprint density at radius 2 is 1.90 bits per heavy atom. The molecule has 3 aliphatic carbocycles. The van der Waals surface area contributed by atoms with Gasteiger partial charge in [-0.1, -0.05) is 39.3 Å². The summed E-state index contributed by atoms with van der Waals surface area (Å²) in [5.41, 5.74) is 2.07. The summed E-state index contributed by atoms with van der Waals surface area (Å²) < 4.78 is 12.1. The number of hydrogen-bond donors (Lipinski definition) is 0. The van der Waals surface area contributed by atoms with E-state index in [1.165, 1.54) is 5.57 Å². The first-order chi connectivity index (χ1) is 13.8. The summed E-state index contributed by atoms with van der Waals surface area (Å²) in [6.07, 6.45) is 6.70. The Balaban J connectivity index is 1.97. The SMILES string of the molecule is CCOC(=O)C1=C2C(=O)[C@@]3(C)C[C@@H](O[Si](C)(C)C(C)(C)C)C=C3CC[C@H]2CC[C@@H]1C. The van der Waals surface area contributed by atoms with Crippen molar-refractivity contribution in [1.82, 2.24) is 0 Å². The Morgan fingerprint density at radius 3 is 2.50 bits per heavy atom. The lowest BCUT2D eigenvalue weighted by Crippen LogP contribution is -2.44. The van der Waals surface area contributed by atoms with Gasteiger partial charge in [-0.25, -0.2) is 4.79 Å². The van der Waals surface area contributed by atoms with Gasteiger partial charge in [0.2, 0.25) is 0 Å². The average molecular weight is 433 g/mol. The third-order valence-corrected chi connectivity index (χ3v) is 12.6. The highest BCUT2D eigenvalue weighted by Gasteiger charge is 2.51. The lowest BCUT2D eigenvalue weighted by Gasteiger charge is -2.39. The molecule has 4 atom stereocenters. The van der Waals surface area contributed by atoms with Crippen molar-refractivity contribution in [3.8, 4) is 0 Å². The summed E-state index contributed by atoms with van der Waals surface area (Å²) in [4.78, 5) is 26.8. The van der Waals surface area contributed by atoms with Crippen LogP contribution < -0.4 is 0 Å². The summed E-state index contributed by atoms with van der Waals surface area (Å²) >= 11 is 0. The van der Waals surface area contributed by atoms with E-state index in [1.807, 2.05) is 6.92 Å². The number of allylic oxidation sites excluding steroid dienone is 2. The van der Waals surface area contributed by atoms with Crippen LogP contribution in [0.15, 0.2) is 22.8 Å². The average Bonchev–Trinajstić information content (AvgIpc) is 2.90. The molecule has 3 rings (SSSR count). The van der Waals surface area contributed by atoms with Gasteiger partial charge in [0, 0.05) is 11.1 Å². The van der Waals surface area contributed by atoms with Crippen molar-refractivity contribution in [3.63, 3.8) is 0 Å². The molecule has 0 unspecified atom stereocenters. The third-order valence-electron chi connectivity index (χ3n) is 8.10. The largest absolute Gasteiger partial charge is 0.463 e. The summed E-state index contributed by atoms with van der Waals surface area (Å²) in [5, 5.41) is 0.130. The van der Waals surface area contributed by atoms with E-state index in [0.717, 1.165) is 31.3 Å². The van der Waals surface area contributed by atoms with Gasteiger partial charge in [-0.2, -0.15) is 0 Å².